The van der Waals surface area contributed by atoms with Gasteiger partial charge < -0.3 is 10.1 Å². The average Bonchev–Trinajstić information content (AvgIpc) is 2.29. The van der Waals surface area contributed by atoms with E-state index in [4.69, 9.17) is 4.74 Å². The zero-order valence-corrected chi connectivity index (χ0v) is 9.79. The molecular formula is C13H18FNO. The summed E-state index contributed by atoms with van der Waals surface area (Å²) in [6, 6.07) is 5.05. The highest BCUT2D eigenvalue weighted by Crippen LogP contribution is 2.18. The number of ether oxygens (including phenoxy) is 1. The molecule has 0 aliphatic rings. The van der Waals surface area contributed by atoms with E-state index in [-0.39, 0.29) is 5.82 Å². The molecule has 1 aromatic rings. The number of hydrogen-bond donors (Lipinski definition) is 1. The van der Waals surface area contributed by atoms with Gasteiger partial charge in [-0.1, -0.05) is 25.1 Å². The molecule has 0 aromatic heterocycles. The minimum atomic E-state index is -0.306. The second kappa shape index (κ2) is 7.01. The number of nitrogens with one attached hydrogen (secondary N) is 1. The van der Waals surface area contributed by atoms with Gasteiger partial charge in [0.05, 0.1) is 0 Å². The van der Waals surface area contributed by atoms with Crippen LogP contribution in [0.15, 0.2) is 30.4 Å². The van der Waals surface area contributed by atoms with Crippen LogP contribution in [0.2, 0.25) is 0 Å². The van der Waals surface area contributed by atoms with Gasteiger partial charge >= 0.3 is 0 Å². The van der Waals surface area contributed by atoms with E-state index in [1.165, 1.54) is 6.07 Å². The van der Waals surface area contributed by atoms with Crippen molar-refractivity contribution in [3.05, 3.63) is 41.7 Å². The van der Waals surface area contributed by atoms with E-state index >= 15 is 0 Å². The molecule has 0 bridgehead atoms. The molecule has 1 aromatic carbocycles. The summed E-state index contributed by atoms with van der Waals surface area (Å²) in [6.07, 6.45) is 3.71. The molecule has 1 rings (SSSR count). The van der Waals surface area contributed by atoms with Crippen LogP contribution in [0.4, 0.5) is 4.39 Å². The Morgan fingerprint density at radius 2 is 2.25 bits per heavy atom. The van der Waals surface area contributed by atoms with Crippen LogP contribution in [0, 0.1) is 5.82 Å². The second-order valence-corrected chi connectivity index (χ2v) is 3.43. The van der Waals surface area contributed by atoms with Gasteiger partial charge in [0.1, 0.15) is 6.61 Å². The molecule has 0 unspecified atom stereocenters. The summed E-state index contributed by atoms with van der Waals surface area (Å²) >= 11 is 0. The molecule has 0 spiro atoms. The van der Waals surface area contributed by atoms with Crippen molar-refractivity contribution in [2.45, 2.75) is 20.4 Å². The van der Waals surface area contributed by atoms with Crippen molar-refractivity contribution in [1.82, 2.24) is 5.32 Å². The minimum absolute atomic E-state index is 0.304. The highest BCUT2D eigenvalue weighted by molar-refractivity contribution is 5.29. The molecule has 0 aliphatic carbocycles. The topological polar surface area (TPSA) is 21.3 Å². The maximum absolute atomic E-state index is 13.5. The van der Waals surface area contributed by atoms with Crippen LogP contribution in [-0.2, 0) is 6.54 Å². The van der Waals surface area contributed by atoms with Gasteiger partial charge in [-0.05, 0) is 31.2 Å². The average molecular weight is 223 g/mol. The molecule has 0 heterocycles. The Bertz CT molecular complexity index is 350. The van der Waals surface area contributed by atoms with Crippen LogP contribution in [0.3, 0.4) is 0 Å². The molecule has 3 heteroatoms. The largest absolute Gasteiger partial charge is 0.486 e. The van der Waals surface area contributed by atoms with Gasteiger partial charge in [-0.25, -0.2) is 4.39 Å². The SMILES string of the molecule is C/C=C/COc1ccc(CNCC)cc1F. The van der Waals surface area contributed by atoms with Gasteiger partial charge in [0.25, 0.3) is 0 Å². The number of hydrogen-bond acceptors (Lipinski definition) is 2. The van der Waals surface area contributed by atoms with Crippen LogP contribution in [-0.4, -0.2) is 13.2 Å². The van der Waals surface area contributed by atoms with E-state index in [2.05, 4.69) is 5.32 Å². The molecule has 16 heavy (non-hydrogen) atoms. The first-order valence-corrected chi connectivity index (χ1v) is 5.51. The maximum atomic E-state index is 13.5. The van der Waals surface area contributed by atoms with Gasteiger partial charge in [0.15, 0.2) is 11.6 Å². The third kappa shape index (κ3) is 4.03. The highest BCUT2D eigenvalue weighted by Gasteiger charge is 2.03. The van der Waals surface area contributed by atoms with Crippen LogP contribution in [0.25, 0.3) is 0 Å². The third-order valence-electron chi connectivity index (χ3n) is 2.15. The zero-order valence-electron chi connectivity index (χ0n) is 9.79. The maximum Gasteiger partial charge on any atom is 0.165 e. The van der Waals surface area contributed by atoms with Crippen LogP contribution in [0.1, 0.15) is 19.4 Å². The normalized spacial score (nSPS) is 10.9. The number of allylic oxidation sites excluding steroid dienone is 1. The van der Waals surface area contributed by atoms with Gasteiger partial charge in [0.2, 0.25) is 0 Å². The molecule has 0 radical (unpaired) electrons. The molecule has 88 valence electrons. The predicted molar refractivity (Wildman–Crippen MR) is 64.1 cm³/mol. The monoisotopic (exact) mass is 223 g/mol. The lowest BCUT2D eigenvalue weighted by atomic mass is 10.2. The predicted octanol–water partition coefficient (Wildman–Crippen LogP) is 2.89. The van der Waals surface area contributed by atoms with Gasteiger partial charge in [-0.3, -0.25) is 0 Å². The molecule has 0 saturated carbocycles. The summed E-state index contributed by atoms with van der Waals surface area (Å²) in [5.74, 6) is -0.00162. The van der Waals surface area contributed by atoms with Crippen LogP contribution in [0.5, 0.6) is 5.75 Å². The fourth-order valence-corrected chi connectivity index (χ4v) is 1.27. The van der Waals surface area contributed by atoms with E-state index in [1.807, 2.05) is 32.1 Å². The standard InChI is InChI=1S/C13H18FNO/c1-3-5-8-16-13-7-6-11(9-12(13)14)10-15-4-2/h3,5-7,9,15H,4,8,10H2,1-2H3/b5-3+. The van der Waals surface area contributed by atoms with Crippen molar-refractivity contribution in [1.29, 1.82) is 0 Å². The number of rotatable bonds is 6. The van der Waals surface area contributed by atoms with Crippen molar-refractivity contribution < 1.29 is 9.13 Å². The van der Waals surface area contributed by atoms with Crippen molar-refractivity contribution in [3.8, 4) is 5.75 Å². The Labute approximate surface area is 96.1 Å². The Morgan fingerprint density at radius 3 is 2.88 bits per heavy atom. The lowest BCUT2D eigenvalue weighted by Crippen LogP contribution is -2.11. The van der Waals surface area contributed by atoms with E-state index in [0.717, 1.165) is 12.1 Å². The second-order valence-electron chi connectivity index (χ2n) is 3.43. The molecule has 0 atom stereocenters. The number of benzene rings is 1. The van der Waals surface area contributed by atoms with Crippen molar-refractivity contribution in [2.75, 3.05) is 13.2 Å². The molecule has 0 amide bonds. The van der Waals surface area contributed by atoms with Crippen LogP contribution >= 0.6 is 0 Å². The molecular weight excluding hydrogens is 205 g/mol. The van der Waals surface area contributed by atoms with E-state index in [9.17, 15) is 4.39 Å². The summed E-state index contributed by atoms with van der Waals surface area (Å²) < 4.78 is 18.8. The lowest BCUT2D eigenvalue weighted by molar-refractivity contribution is 0.341. The summed E-state index contributed by atoms with van der Waals surface area (Å²) in [5, 5.41) is 3.14. The fourth-order valence-electron chi connectivity index (χ4n) is 1.27. The first-order valence-electron chi connectivity index (χ1n) is 5.51. The van der Waals surface area contributed by atoms with E-state index in [1.54, 1.807) is 6.07 Å². The lowest BCUT2D eigenvalue weighted by Gasteiger charge is -2.07. The Morgan fingerprint density at radius 1 is 1.44 bits per heavy atom. The van der Waals surface area contributed by atoms with Gasteiger partial charge in [0, 0.05) is 6.54 Å². The van der Waals surface area contributed by atoms with Gasteiger partial charge in [-0.15, -0.1) is 0 Å². The zero-order chi connectivity index (χ0) is 11.8. The summed E-state index contributed by atoms with van der Waals surface area (Å²) in [6.45, 7) is 5.88. The molecule has 0 fully saturated rings. The van der Waals surface area contributed by atoms with Crippen molar-refractivity contribution >= 4 is 0 Å². The Balaban J connectivity index is 2.60. The number of halogens is 1. The molecule has 0 aliphatic heterocycles. The fraction of sp³-hybridized carbons (Fsp3) is 0.385. The molecule has 2 nitrogen and oxygen atoms in total. The first kappa shape index (κ1) is 12.7. The van der Waals surface area contributed by atoms with E-state index in [0.29, 0.717) is 18.9 Å². The van der Waals surface area contributed by atoms with Crippen LogP contribution < -0.4 is 10.1 Å². The van der Waals surface area contributed by atoms with Crippen molar-refractivity contribution in [3.63, 3.8) is 0 Å². The Hall–Kier alpha value is -1.35. The minimum Gasteiger partial charge on any atom is -0.486 e. The van der Waals surface area contributed by atoms with Gasteiger partial charge in [-0.2, -0.15) is 0 Å². The summed E-state index contributed by atoms with van der Waals surface area (Å²) in [7, 11) is 0. The quantitative estimate of drug-likeness (QED) is 0.749. The smallest absolute Gasteiger partial charge is 0.165 e. The third-order valence-corrected chi connectivity index (χ3v) is 2.15. The summed E-state index contributed by atoms with van der Waals surface area (Å²) in [4.78, 5) is 0. The summed E-state index contributed by atoms with van der Waals surface area (Å²) in [5.41, 5.74) is 0.928. The van der Waals surface area contributed by atoms with Crippen molar-refractivity contribution in [2.24, 2.45) is 0 Å². The first-order chi connectivity index (χ1) is 7.77. The molecule has 1 N–H and O–H groups in total. The van der Waals surface area contributed by atoms with E-state index < -0.39 is 0 Å². The Kier molecular flexibility index (Phi) is 5.57. The highest BCUT2D eigenvalue weighted by atomic mass is 19.1. The molecule has 0 saturated heterocycles.